The molecule has 3 N–H and O–H groups in total. The van der Waals surface area contributed by atoms with Crippen molar-refractivity contribution in [1.82, 2.24) is 4.90 Å². The molecule has 1 unspecified atom stereocenters. The number of hydrogen-bond acceptors (Lipinski definition) is 3. The van der Waals surface area contributed by atoms with E-state index >= 15 is 0 Å². The zero-order valence-corrected chi connectivity index (χ0v) is 8.00. The van der Waals surface area contributed by atoms with E-state index in [1.807, 2.05) is 19.0 Å². The van der Waals surface area contributed by atoms with Crippen LogP contribution in [0, 0.1) is 0 Å². The quantitative estimate of drug-likeness (QED) is 0.621. The molecule has 72 valence electrons. The summed E-state index contributed by atoms with van der Waals surface area (Å²) < 4.78 is 0. The molecule has 0 bridgehead atoms. The fourth-order valence-electron chi connectivity index (χ4n) is 0.913. The summed E-state index contributed by atoms with van der Waals surface area (Å²) in [5, 5.41) is 8.52. The van der Waals surface area contributed by atoms with E-state index in [-0.39, 0.29) is 6.42 Å². The molecule has 0 spiro atoms. The number of rotatable bonds is 5. The smallest absolute Gasteiger partial charge is 0.305 e. The standard InChI is InChI=1S/C8H18N2O2/c1-8(9,6-7(11)12)4-5-10(2)3/h4-6,9H2,1-3H3,(H,11,12). The molecule has 0 aliphatic carbocycles. The summed E-state index contributed by atoms with van der Waals surface area (Å²) >= 11 is 0. The summed E-state index contributed by atoms with van der Waals surface area (Å²) in [4.78, 5) is 12.4. The summed E-state index contributed by atoms with van der Waals surface area (Å²) in [7, 11) is 3.88. The summed E-state index contributed by atoms with van der Waals surface area (Å²) in [5.41, 5.74) is 5.17. The van der Waals surface area contributed by atoms with Crippen LogP contribution in [0.25, 0.3) is 0 Å². The fraction of sp³-hybridized carbons (Fsp3) is 0.875. The Morgan fingerprint density at radius 2 is 2.08 bits per heavy atom. The van der Waals surface area contributed by atoms with Crippen molar-refractivity contribution in [2.75, 3.05) is 20.6 Å². The predicted octanol–water partition coefficient (Wildman–Crippen LogP) is 0.130. The number of hydrogen-bond donors (Lipinski definition) is 2. The summed E-state index contributed by atoms with van der Waals surface area (Å²) in [6.07, 6.45) is 0.729. The van der Waals surface area contributed by atoms with Gasteiger partial charge in [0.25, 0.3) is 0 Å². The number of aliphatic carboxylic acids is 1. The third-order valence-electron chi connectivity index (χ3n) is 1.69. The van der Waals surface area contributed by atoms with E-state index in [0.717, 1.165) is 6.54 Å². The summed E-state index contributed by atoms with van der Waals surface area (Å²) in [6, 6.07) is 0. The van der Waals surface area contributed by atoms with Gasteiger partial charge >= 0.3 is 5.97 Å². The second kappa shape index (κ2) is 4.42. The van der Waals surface area contributed by atoms with E-state index in [0.29, 0.717) is 6.42 Å². The van der Waals surface area contributed by atoms with Gasteiger partial charge in [0.2, 0.25) is 0 Å². The minimum Gasteiger partial charge on any atom is -0.481 e. The van der Waals surface area contributed by atoms with Crippen LogP contribution in [0.3, 0.4) is 0 Å². The topological polar surface area (TPSA) is 66.6 Å². The van der Waals surface area contributed by atoms with Crippen molar-refractivity contribution < 1.29 is 9.90 Å². The molecule has 0 aromatic heterocycles. The highest BCUT2D eigenvalue weighted by Crippen LogP contribution is 2.10. The van der Waals surface area contributed by atoms with Gasteiger partial charge in [-0.3, -0.25) is 4.79 Å². The molecule has 12 heavy (non-hydrogen) atoms. The third-order valence-corrected chi connectivity index (χ3v) is 1.69. The van der Waals surface area contributed by atoms with Gasteiger partial charge in [-0.1, -0.05) is 0 Å². The van der Waals surface area contributed by atoms with Gasteiger partial charge in [-0.2, -0.15) is 0 Å². The molecule has 4 nitrogen and oxygen atoms in total. The minimum atomic E-state index is -0.834. The molecule has 0 heterocycles. The van der Waals surface area contributed by atoms with Crippen molar-refractivity contribution >= 4 is 5.97 Å². The molecule has 0 aromatic carbocycles. The molecular formula is C8H18N2O2. The van der Waals surface area contributed by atoms with E-state index in [9.17, 15) is 4.79 Å². The molecule has 0 aromatic rings. The van der Waals surface area contributed by atoms with Crippen molar-refractivity contribution in [1.29, 1.82) is 0 Å². The van der Waals surface area contributed by atoms with Crippen LogP contribution in [-0.4, -0.2) is 42.2 Å². The van der Waals surface area contributed by atoms with Crippen LogP contribution in [0.4, 0.5) is 0 Å². The molecule has 0 amide bonds. The van der Waals surface area contributed by atoms with E-state index in [2.05, 4.69) is 0 Å². The summed E-state index contributed by atoms with van der Waals surface area (Å²) in [5.74, 6) is -0.834. The lowest BCUT2D eigenvalue weighted by Crippen LogP contribution is -2.41. The average Bonchev–Trinajstić information content (AvgIpc) is 1.81. The summed E-state index contributed by atoms with van der Waals surface area (Å²) in [6.45, 7) is 2.59. The van der Waals surface area contributed by atoms with E-state index in [1.165, 1.54) is 0 Å². The number of carboxylic acids is 1. The Morgan fingerprint density at radius 1 is 1.58 bits per heavy atom. The van der Waals surface area contributed by atoms with Crippen molar-refractivity contribution in [3.8, 4) is 0 Å². The van der Waals surface area contributed by atoms with Crippen LogP contribution in [0.2, 0.25) is 0 Å². The number of carbonyl (C=O) groups is 1. The molecule has 0 aliphatic rings. The lowest BCUT2D eigenvalue weighted by Gasteiger charge is -2.24. The van der Waals surface area contributed by atoms with Gasteiger partial charge < -0.3 is 15.7 Å². The molecule has 0 saturated carbocycles. The number of carboxylic acid groups (broad SMARTS) is 1. The highest BCUT2D eigenvalue weighted by Gasteiger charge is 2.21. The maximum absolute atomic E-state index is 10.4. The van der Waals surface area contributed by atoms with Gasteiger partial charge in [-0.25, -0.2) is 0 Å². The fourth-order valence-corrected chi connectivity index (χ4v) is 0.913. The first-order valence-electron chi connectivity index (χ1n) is 3.99. The van der Waals surface area contributed by atoms with Gasteiger partial charge in [0, 0.05) is 5.54 Å². The molecular weight excluding hydrogens is 156 g/mol. The molecule has 1 atom stereocenters. The Morgan fingerprint density at radius 3 is 2.42 bits per heavy atom. The zero-order valence-electron chi connectivity index (χ0n) is 8.00. The first kappa shape index (κ1) is 11.4. The number of nitrogens with two attached hydrogens (primary N) is 1. The van der Waals surface area contributed by atoms with Crippen molar-refractivity contribution in [2.24, 2.45) is 5.73 Å². The van der Waals surface area contributed by atoms with Crippen LogP contribution in [-0.2, 0) is 4.79 Å². The maximum atomic E-state index is 10.4. The van der Waals surface area contributed by atoms with E-state index < -0.39 is 11.5 Å². The Labute approximate surface area is 73.3 Å². The molecule has 0 rings (SSSR count). The highest BCUT2D eigenvalue weighted by molar-refractivity contribution is 5.68. The van der Waals surface area contributed by atoms with Crippen LogP contribution in [0.1, 0.15) is 19.8 Å². The van der Waals surface area contributed by atoms with Gasteiger partial charge in [-0.05, 0) is 34.0 Å². The van der Waals surface area contributed by atoms with E-state index in [4.69, 9.17) is 10.8 Å². The Bertz CT molecular complexity index is 155. The van der Waals surface area contributed by atoms with Gasteiger partial charge in [-0.15, -0.1) is 0 Å². The predicted molar refractivity (Wildman–Crippen MR) is 48.0 cm³/mol. The molecule has 0 aliphatic heterocycles. The lowest BCUT2D eigenvalue weighted by molar-refractivity contribution is -0.138. The van der Waals surface area contributed by atoms with Gasteiger partial charge in [0.05, 0.1) is 6.42 Å². The first-order valence-corrected chi connectivity index (χ1v) is 3.99. The molecule has 0 saturated heterocycles. The zero-order chi connectivity index (χ0) is 9.78. The van der Waals surface area contributed by atoms with Crippen molar-refractivity contribution in [3.63, 3.8) is 0 Å². The van der Waals surface area contributed by atoms with Crippen LogP contribution < -0.4 is 5.73 Å². The monoisotopic (exact) mass is 174 g/mol. The second-order valence-corrected chi connectivity index (χ2v) is 3.78. The van der Waals surface area contributed by atoms with Crippen molar-refractivity contribution in [2.45, 2.75) is 25.3 Å². The normalized spacial score (nSPS) is 16.1. The first-order chi connectivity index (χ1) is 5.33. The third kappa shape index (κ3) is 6.12. The van der Waals surface area contributed by atoms with Crippen LogP contribution >= 0.6 is 0 Å². The lowest BCUT2D eigenvalue weighted by atomic mass is 9.95. The highest BCUT2D eigenvalue weighted by atomic mass is 16.4. The Hall–Kier alpha value is -0.610. The SMILES string of the molecule is CN(C)CCC(C)(N)CC(=O)O. The second-order valence-electron chi connectivity index (χ2n) is 3.78. The number of nitrogens with zero attached hydrogens (tertiary/aromatic N) is 1. The van der Waals surface area contributed by atoms with Crippen LogP contribution in [0.5, 0.6) is 0 Å². The maximum Gasteiger partial charge on any atom is 0.305 e. The minimum absolute atomic E-state index is 0.0286. The largest absolute Gasteiger partial charge is 0.481 e. The Kier molecular flexibility index (Phi) is 4.20. The average molecular weight is 174 g/mol. The van der Waals surface area contributed by atoms with Crippen molar-refractivity contribution in [3.05, 3.63) is 0 Å². The molecule has 4 heteroatoms. The van der Waals surface area contributed by atoms with Gasteiger partial charge in [0.15, 0.2) is 0 Å². The van der Waals surface area contributed by atoms with E-state index in [1.54, 1.807) is 6.92 Å². The Balaban J connectivity index is 3.78. The van der Waals surface area contributed by atoms with Crippen LogP contribution in [0.15, 0.2) is 0 Å². The molecule has 0 fully saturated rings. The van der Waals surface area contributed by atoms with Gasteiger partial charge in [0.1, 0.15) is 0 Å². The molecule has 0 radical (unpaired) electrons.